The van der Waals surface area contributed by atoms with Gasteiger partial charge in [-0.15, -0.1) is 11.8 Å². The molecule has 6 heteroatoms. The zero-order chi connectivity index (χ0) is 22.9. The molecule has 3 rings (SSSR count). The van der Waals surface area contributed by atoms with Crippen molar-refractivity contribution in [2.24, 2.45) is 5.92 Å². The van der Waals surface area contributed by atoms with Crippen LogP contribution in [-0.2, 0) is 23.6 Å². The molecule has 0 saturated carbocycles. The number of rotatable bonds is 11. The standard InChI is InChI=1S/C26H29NO4S/c1-18(10-13-28)14-21-6-7-24(19(2)26(21)29)31-16-20-4-5-22(25(15-20)30-3)17-32-23-8-11-27-12-9-23/h4-9,11-13,15,18,29H,10,14,16-17H2,1-3H3. The molecule has 0 spiro atoms. The highest BCUT2D eigenvalue weighted by Crippen LogP contribution is 2.33. The Morgan fingerprint density at radius 2 is 1.84 bits per heavy atom. The Bertz CT molecular complexity index is 1040. The average molecular weight is 452 g/mol. The lowest BCUT2D eigenvalue weighted by molar-refractivity contribution is -0.108. The molecule has 0 bridgehead atoms. The predicted molar refractivity (Wildman–Crippen MR) is 128 cm³/mol. The smallest absolute Gasteiger partial charge is 0.126 e. The van der Waals surface area contributed by atoms with Crippen LogP contribution in [0.25, 0.3) is 0 Å². The Hall–Kier alpha value is -2.99. The maximum absolute atomic E-state index is 10.7. The number of phenols is 1. The molecule has 0 fully saturated rings. The highest BCUT2D eigenvalue weighted by molar-refractivity contribution is 7.98. The van der Waals surface area contributed by atoms with Crippen LogP contribution in [0.3, 0.4) is 0 Å². The summed E-state index contributed by atoms with van der Waals surface area (Å²) in [5.74, 6) is 2.69. The van der Waals surface area contributed by atoms with Crippen LogP contribution in [-0.4, -0.2) is 23.5 Å². The summed E-state index contributed by atoms with van der Waals surface area (Å²) >= 11 is 1.73. The Balaban J connectivity index is 1.65. The molecule has 32 heavy (non-hydrogen) atoms. The van der Waals surface area contributed by atoms with Crippen molar-refractivity contribution in [3.8, 4) is 17.2 Å². The summed E-state index contributed by atoms with van der Waals surface area (Å²) in [7, 11) is 1.67. The van der Waals surface area contributed by atoms with Crippen molar-refractivity contribution >= 4 is 18.0 Å². The molecular formula is C26H29NO4S. The summed E-state index contributed by atoms with van der Waals surface area (Å²) in [5.41, 5.74) is 3.64. The number of hydrogen-bond donors (Lipinski definition) is 1. The lowest BCUT2D eigenvalue weighted by Gasteiger charge is -2.16. The molecule has 1 heterocycles. The molecule has 5 nitrogen and oxygen atoms in total. The number of aldehydes is 1. The molecule has 3 aromatic rings. The number of pyridine rings is 1. The highest BCUT2D eigenvalue weighted by atomic mass is 32.2. The lowest BCUT2D eigenvalue weighted by atomic mass is 9.96. The van der Waals surface area contributed by atoms with E-state index in [2.05, 4.69) is 11.1 Å². The van der Waals surface area contributed by atoms with Crippen LogP contribution in [0.2, 0.25) is 0 Å². The van der Waals surface area contributed by atoms with E-state index >= 15 is 0 Å². The van der Waals surface area contributed by atoms with Crippen LogP contribution in [0.4, 0.5) is 0 Å². The van der Waals surface area contributed by atoms with E-state index < -0.39 is 0 Å². The topological polar surface area (TPSA) is 68.7 Å². The molecule has 0 aliphatic carbocycles. The number of ether oxygens (including phenoxy) is 2. The number of benzene rings is 2. The van der Waals surface area contributed by atoms with E-state index in [-0.39, 0.29) is 11.7 Å². The van der Waals surface area contributed by atoms with E-state index in [4.69, 9.17) is 9.47 Å². The van der Waals surface area contributed by atoms with Gasteiger partial charge in [0.1, 0.15) is 30.1 Å². The number of methoxy groups -OCH3 is 1. The minimum atomic E-state index is 0.187. The van der Waals surface area contributed by atoms with Gasteiger partial charge >= 0.3 is 0 Å². The fraction of sp³-hybridized carbons (Fsp3) is 0.308. The number of carbonyl (C=O) groups excluding carboxylic acids is 1. The van der Waals surface area contributed by atoms with Crippen molar-refractivity contribution in [2.45, 2.75) is 43.9 Å². The molecule has 0 saturated heterocycles. The van der Waals surface area contributed by atoms with E-state index in [1.165, 1.54) is 0 Å². The molecule has 0 aliphatic heterocycles. The maximum atomic E-state index is 10.7. The summed E-state index contributed by atoms with van der Waals surface area (Å²) in [6.07, 6.45) is 5.64. The Morgan fingerprint density at radius 1 is 1.09 bits per heavy atom. The van der Waals surface area contributed by atoms with E-state index in [9.17, 15) is 9.90 Å². The third kappa shape index (κ3) is 6.26. The number of aromatic nitrogens is 1. The van der Waals surface area contributed by atoms with Gasteiger partial charge in [0.25, 0.3) is 0 Å². The normalized spacial score (nSPS) is 11.7. The van der Waals surface area contributed by atoms with Gasteiger partial charge in [-0.3, -0.25) is 4.98 Å². The number of carbonyl (C=O) groups is 1. The summed E-state index contributed by atoms with van der Waals surface area (Å²) in [5, 5.41) is 10.6. The monoisotopic (exact) mass is 451 g/mol. The summed E-state index contributed by atoms with van der Waals surface area (Å²) < 4.78 is 11.6. The van der Waals surface area contributed by atoms with Crippen molar-refractivity contribution in [3.63, 3.8) is 0 Å². The van der Waals surface area contributed by atoms with Crippen LogP contribution >= 0.6 is 11.8 Å². The number of hydrogen-bond acceptors (Lipinski definition) is 6. The SMILES string of the molecule is COc1cc(COc2ccc(CC(C)CC=O)c(O)c2C)ccc1CSc1ccncc1. The highest BCUT2D eigenvalue weighted by Gasteiger charge is 2.13. The summed E-state index contributed by atoms with van der Waals surface area (Å²) in [4.78, 5) is 15.9. The lowest BCUT2D eigenvalue weighted by Crippen LogP contribution is -2.03. The van der Waals surface area contributed by atoms with Crippen molar-refractivity contribution in [2.75, 3.05) is 7.11 Å². The molecule has 1 aromatic heterocycles. The minimum absolute atomic E-state index is 0.187. The maximum Gasteiger partial charge on any atom is 0.126 e. The van der Waals surface area contributed by atoms with Gasteiger partial charge in [-0.05, 0) is 54.7 Å². The molecule has 0 amide bonds. The van der Waals surface area contributed by atoms with Crippen molar-refractivity contribution in [3.05, 3.63) is 77.1 Å². The molecule has 0 aliphatic rings. The number of nitrogens with zero attached hydrogens (tertiary/aromatic N) is 1. The van der Waals surface area contributed by atoms with Crippen LogP contribution < -0.4 is 9.47 Å². The van der Waals surface area contributed by atoms with E-state index in [0.29, 0.717) is 30.8 Å². The number of aromatic hydroxyl groups is 1. The Labute approximate surface area is 193 Å². The average Bonchev–Trinajstić information content (AvgIpc) is 2.81. The first-order valence-electron chi connectivity index (χ1n) is 10.6. The van der Waals surface area contributed by atoms with Crippen LogP contribution in [0, 0.1) is 12.8 Å². The van der Waals surface area contributed by atoms with E-state index in [1.807, 2.05) is 50.2 Å². The second-order valence-corrected chi connectivity index (χ2v) is 8.86. The number of thioether (sulfide) groups is 1. The minimum Gasteiger partial charge on any atom is -0.507 e. The number of phenolic OH excluding ortho intramolecular Hbond substituents is 1. The van der Waals surface area contributed by atoms with Gasteiger partial charge in [0.2, 0.25) is 0 Å². The fourth-order valence-electron chi connectivity index (χ4n) is 3.44. The van der Waals surface area contributed by atoms with Crippen LogP contribution in [0.1, 0.15) is 35.6 Å². The van der Waals surface area contributed by atoms with E-state index in [1.54, 1.807) is 31.3 Å². The molecule has 1 N–H and O–H groups in total. The van der Waals surface area contributed by atoms with E-state index in [0.717, 1.165) is 39.4 Å². The molecule has 168 valence electrons. The van der Waals surface area contributed by atoms with Crippen molar-refractivity contribution < 1.29 is 19.4 Å². The first kappa shape index (κ1) is 23.7. The van der Waals surface area contributed by atoms with Gasteiger partial charge in [0.15, 0.2) is 0 Å². The van der Waals surface area contributed by atoms with Crippen LogP contribution in [0.15, 0.2) is 59.8 Å². The molecule has 0 radical (unpaired) electrons. The van der Waals surface area contributed by atoms with Gasteiger partial charge in [0.05, 0.1) is 7.11 Å². The molecule has 1 unspecified atom stereocenters. The molecule has 2 aromatic carbocycles. The van der Waals surface area contributed by atoms with Gasteiger partial charge < -0.3 is 19.4 Å². The first-order chi connectivity index (χ1) is 15.5. The summed E-state index contributed by atoms with van der Waals surface area (Å²) in [6, 6.07) is 13.8. The Kier molecular flexibility index (Phi) is 8.56. The van der Waals surface area contributed by atoms with Gasteiger partial charge in [-0.2, -0.15) is 0 Å². The second-order valence-electron chi connectivity index (χ2n) is 7.81. The van der Waals surface area contributed by atoms with Gasteiger partial charge in [-0.25, -0.2) is 0 Å². The first-order valence-corrected chi connectivity index (χ1v) is 11.6. The third-order valence-electron chi connectivity index (χ3n) is 5.32. The van der Waals surface area contributed by atoms with Crippen LogP contribution in [0.5, 0.6) is 17.2 Å². The molecule has 1 atom stereocenters. The molecular weight excluding hydrogens is 422 g/mol. The predicted octanol–water partition coefficient (Wildman–Crippen LogP) is 5.74. The summed E-state index contributed by atoms with van der Waals surface area (Å²) in [6.45, 7) is 4.22. The quantitative estimate of drug-likeness (QED) is 0.296. The Morgan fingerprint density at radius 3 is 2.56 bits per heavy atom. The zero-order valence-corrected chi connectivity index (χ0v) is 19.5. The van der Waals surface area contributed by atoms with Gasteiger partial charge in [-0.1, -0.05) is 25.1 Å². The second kappa shape index (κ2) is 11.6. The third-order valence-corrected chi connectivity index (χ3v) is 6.38. The van der Waals surface area contributed by atoms with Crippen molar-refractivity contribution in [1.29, 1.82) is 0 Å². The zero-order valence-electron chi connectivity index (χ0n) is 18.7. The van der Waals surface area contributed by atoms with Crippen molar-refractivity contribution in [1.82, 2.24) is 4.98 Å². The largest absolute Gasteiger partial charge is 0.507 e. The van der Waals surface area contributed by atoms with Gasteiger partial charge in [0, 0.05) is 40.6 Å². The fourth-order valence-corrected chi connectivity index (χ4v) is 4.31.